The predicted molar refractivity (Wildman–Crippen MR) is 71.2 cm³/mol. The topological polar surface area (TPSA) is 29.5 Å². The van der Waals surface area contributed by atoms with Gasteiger partial charge in [-0.15, -0.1) is 0 Å². The van der Waals surface area contributed by atoms with Gasteiger partial charge in [0.25, 0.3) is 0 Å². The molecule has 2 nitrogen and oxygen atoms in total. The third-order valence-corrected chi connectivity index (χ3v) is 3.33. The van der Waals surface area contributed by atoms with E-state index in [0.717, 1.165) is 21.3 Å². The predicted octanol–water partition coefficient (Wildman–Crippen LogP) is 3.54. The summed E-state index contributed by atoms with van der Waals surface area (Å²) in [5.74, 6) is 0.744. The minimum absolute atomic E-state index is 0.652. The normalized spacial score (nSPS) is 12.2. The number of benzene rings is 2. The highest BCUT2D eigenvalue weighted by molar-refractivity contribution is 9.10. The number of methoxy groups -OCH3 is 1. The van der Waals surface area contributed by atoms with E-state index in [9.17, 15) is 5.11 Å². The molecular formula is C14H13BrO2. The number of rotatable bonds is 3. The van der Waals surface area contributed by atoms with Crippen LogP contribution in [0.4, 0.5) is 0 Å². The number of ether oxygens (including phenoxy) is 1. The highest BCUT2D eigenvalue weighted by Crippen LogP contribution is 2.29. The van der Waals surface area contributed by atoms with Crippen LogP contribution in [-0.4, -0.2) is 12.2 Å². The highest BCUT2D eigenvalue weighted by atomic mass is 79.9. The van der Waals surface area contributed by atoms with Crippen molar-refractivity contribution in [1.82, 2.24) is 0 Å². The lowest BCUT2D eigenvalue weighted by molar-refractivity contribution is 0.219. The summed E-state index contributed by atoms with van der Waals surface area (Å²) in [5, 5.41) is 10.3. The van der Waals surface area contributed by atoms with Crippen molar-refractivity contribution in [3.05, 3.63) is 64.1 Å². The summed E-state index contributed by atoms with van der Waals surface area (Å²) in [6.45, 7) is 0. The molecule has 2 aromatic carbocycles. The molecule has 0 heterocycles. The van der Waals surface area contributed by atoms with Gasteiger partial charge >= 0.3 is 0 Å². The first-order chi connectivity index (χ1) is 8.22. The van der Waals surface area contributed by atoms with Crippen LogP contribution in [0, 0.1) is 0 Å². The zero-order chi connectivity index (χ0) is 12.3. The Bertz CT molecular complexity index is 511. The lowest BCUT2D eigenvalue weighted by Crippen LogP contribution is -2.00. The van der Waals surface area contributed by atoms with Crippen LogP contribution in [0.5, 0.6) is 5.75 Å². The van der Waals surface area contributed by atoms with Crippen molar-refractivity contribution in [3.8, 4) is 5.75 Å². The Morgan fingerprint density at radius 2 is 1.88 bits per heavy atom. The molecule has 0 unspecified atom stereocenters. The van der Waals surface area contributed by atoms with Crippen LogP contribution in [-0.2, 0) is 0 Å². The van der Waals surface area contributed by atoms with Gasteiger partial charge in [0.15, 0.2) is 0 Å². The Labute approximate surface area is 109 Å². The molecule has 0 aliphatic rings. The van der Waals surface area contributed by atoms with Crippen LogP contribution in [0.2, 0.25) is 0 Å². The maximum absolute atomic E-state index is 10.3. The van der Waals surface area contributed by atoms with Crippen LogP contribution in [0.15, 0.2) is 53.0 Å². The van der Waals surface area contributed by atoms with Gasteiger partial charge in [0.2, 0.25) is 0 Å². The molecule has 1 atom stereocenters. The molecule has 0 fully saturated rings. The smallest absolute Gasteiger partial charge is 0.119 e. The molecule has 0 aliphatic heterocycles. The molecule has 0 amide bonds. The number of halogens is 1. The average molecular weight is 293 g/mol. The van der Waals surface area contributed by atoms with Crippen LogP contribution in [0.3, 0.4) is 0 Å². The number of hydrogen-bond acceptors (Lipinski definition) is 2. The van der Waals surface area contributed by atoms with E-state index in [0.29, 0.717) is 0 Å². The standard InChI is InChI=1S/C14H13BrO2/c1-17-11-6-4-5-10(9-11)14(16)12-7-2-3-8-13(12)15/h2-9,14,16H,1H3/t14-/m0/s1. The van der Waals surface area contributed by atoms with Gasteiger partial charge in [-0.2, -0.15) is 0 Å². The molecule has 0 aromatic heterocycles. The Hall–Kier alpha value is -1.32. The van der Waals surface area contributed by atoms with Crippen molar-refractivity contribution < 1.29 is 9.84 Å². The van der Waals surface area contributed by atoms with E-state index >= 15 is 0 Å². The van der Waals surface area contributed by atoms with Crippen molar-refractivity contribution in [3.63, 3.8) is 0 Å². The maximum Gasteiger partial charge on any atom is 0.119 e. The second kappa shape index (κ2) is 5.34. The summed E-state index contributed by atoms with van der Waals surface area (Å²) in [6.07, 6.45) is -0.652. The Morgan fingerprint density at radius 1 is 1.12 bits per heavy atom. The summed E-state index contributed by atoms with van der Waals surface area (Å²) in [6, 6.07) is 15.1. The average Bonchev–Trinajstić information content (AvgIpc) is 2.38. The fourth-order valence-electron chi connectivity index (χ4n) is 1.69. The Balaban J connectivity index is 2.37. The first-order valence-electron chi connectivity index (χ1n) is 5.29. The fourth-order valence-corrected chi connectivity index (χ4v) is 2.19. The molecule has 1 N–H and O–H groups in total. The summed E-state index contributed by atoms with van der Waals surface area (Å²) in [5.41, 5.74) is 1.66. The second-order valence-corrected chi connectivity index (χ2v) is 4.56. The summed E-state index contributed by atoms with van der Waals surface area (Å²) in [4.78, 5) is 0. The van der Waals surface area contributed by atoms with E-state index in [1.807, 2.05) is 48.5 Å². The van der Waals surface area contributed by atoms with Crippen LogP contribution >= 0.6 is 15.9 Å². The second-order valence-electron chi connectivity index (χ2n) is 3.70. The third-order valence-electron chi connectivity index (χ3n) is 2.61. The number of hydrogen-bond donors (Lipinski definition) is 1. The molecular weight excluding hydrogens is 280 g/mol. The number of aliphatic hydroxyl groups excluding tert-OH is 1. The molecule has 0 saturated carbocycles. The van der Waals surface area contributed by atoms with Gasteiger partial charge in [0, 0.05) is 4.47 Å². The largest absolute Gasteiger partial charge is 0.497 e. The Kier molecular flexibility index (Phi) is 3.82. The minimum atomic E-state index is -0.652. The van der Waals surface area contributed by atoms with Crippen molar-refractivity contribution in [2.75, 3.05) is 7.11 Å². The van der Waals surface area contributed by atoms with Gasteiger partial charge in [0.1, 0.15) is 11.9 Å². The van der Waals surface area contributed by atoms with Gasteiger partial charge < -0.3 is 9.84 Å². The van der Waals surface area contributed by atoms with Crippen molar-refractivity contribution >= 4 is 15.9 Å². The Morgan fingerprint density at radius 3 is 2.59 bits per heavy atom. The SMILES string of the molecule is COc1cccc([C@H](O)c2ccccc2Br)c1. The third kappa shape index (κ3) is 2.68. The lowest BCUT2D eigenvalue weighted by atomic mass is 10.0. The monoisotopic (exact) mass is 292 g/mol. The zero-order valence-corrected chi connectivity index (χ0v) is 11.0. The first kappa shape index (κ1) is 12.1. The molecule has 0 bridgehead atoms. The molecule has 0 spiro atoms. The molecule has 2 aromatic rings. The number of aliphatic hydroxyl groups is 1. The molecule has 17 heavy (non-hydrogen) atoms. The zero-order valence-electron chi connectivity index (χ0n) is 9.43. The van der Waals surface area contributed by atoms with Crippen molar-refractivity contribution in [2.45, 2.75) is 6.10 Å². The van der Waals surface area contributed by atoms with Crippen molar-refractivity contribution in [1.29, 1.82) is 0 Å². The van der Waals surface area contributed by atoms with Gasteiger partial charge in [-0.1, -0.05) is 46.3 Å². The summed E-state index contributed by atoms with van der Waals surface area (Å²) in [7, 11) is 1.62. The molecule has 3 heteroatoms. The van der Waals surface area contributed by atoms with Crippen molar-refractivity contribution in [2.24, 2.45) is 0 Å². The van der Waals surface area contributed by atoms with E-state index in [1.54, 1.807) is 7.11 Å². The van der Waals surface area contributed by atoms with Crippen LogP contribution < -0.4 is 4.74 Å². The fraction of sp³-hybridized carbons (Fsp3) is 0.143. The van der Waals surface area contributed by atoms with E-state index in [1.165, 1.54) is 0 Å². The van der Waals surface area contributed by atoms with Gasteiger partial charge in [-0.3, -0.25) is 0 Å². The van der Waals surface area contributed by atoms with E-state index in [2.05, 4.69) is 15.9 Å². The summed E-state index contributed by atoms with van der Waals surface area (Å²) < 4.78 is 6.05. The van der Waals surface area contributed by atoms with Gasteiger partial charge in [-0.05, 0) is 29.3 Å². The van der Waals surface area contributed by atoms with Crippen LogP contribution in [0.25, 0.3) is 0 Å². The molecule has 0 radical (unpaired) electrons. The maximum atomic E-state index is 10.3. The minimum Gasteiger partial charge on any atom is -0.497 e. The highest BCUT2D eigenvalue weighted by Gasteiger charge is 2.13. The van der Waals surface area contributed by atoms with Crippen LogP contribution in [0.1, 0.15) is 17.2 Å². The quantitative estimate of drug-likeness (QED) is 0.938. The van der Waals surface area contributed by atoms with E-state index in [-0.39, 0.29) is 0 Å². The van der Waals surface area contributed by atoms with E-state index in [4.69, 9.17) is 4.74 Å². The lowest BCUT2D eigenvalue weighted by Gasteiger charge is -2.14. The van der Waals surface area contributed by atoms with Gasteiger partial charge in [0.05, 0.1) is 7.11 Å². The molecule has 88 valence electrons. The van der Waals surface area contributed by atoms with E-state index < -0.39 is 6.10 Å². The first-order valence-corrected chi connectivity index (χ1v) is 6.08. The summed E-state index contributed by atoms with van der Waals surface area (Å²) >= 11 is 3.44. The molecule has 2 rings (SSSR count). The van der Waals surface area contributed by atoms with Gasteiger partial charge in [-0.25, -0.2) is 0 Å². The molecule has 0 saturated heterocycles. The molecule has 0 aliphatic carbocycles.